The molecule has 3 aromatic rings. The first-order valence-electron chi connectivity index (χ1n) is 17.7. The van der Waals surface area contributed by atoms with Crippen molar-refractivity contribution in [2.45, 2.75) is 105 Å². The number of nitrogens with one attached hydrogen (secondary N) is 3. The molecule has 2 amide bonds. The Morgan fingerprint density at radius 2 is 1.13 bits per heavy atom. The highest BCUT2D eigenvalue weighted by atomic mass is 16.2. The smallest absolute Gasteiger partial charge is 0.225 e. The second-order valence-corrected chi connectivity index (χ2v) is 17.9. The lowest BCUT2D eigenvalue weighted by atomic mass is 9.65. The molecule has 0 radical (unpaired) electrons. The molecule has 252 valence electrons. The van der Waals surface area contributed by atoms with Gasteiger partial charge in [-0.05, 0) is 96.6 Å². The van der Waals surface area contributed by atoms with E-state index in [2.05, 4.69) is 67.0 Å². The van der Waals surface area contributed by atoms with Crippen molar-refractivity contribution in [3.8, 4) is 0 Å². The molecule has 8 heteroatoms. The fourth-order valence-electron chi connectivity index (χ4n) is 10.8. The Morgan fingerprint density at radius 1 is 0.702 bits per heavy atom. The van der Waals surface area contributed by atoms with Crippen LogP contribution in [0.25, 0.3) is 21.8 Å². The van der Waals surface area contributed by atoms with E-state index in [0.29, 0.717) is 79.8 Å². The summed E-state index contributed by atoms with van der Waals surface area (Å²) in [4.78, 5) is 47.8. The third kappa shape index (κ3) is 6.73. The van der Waals surface area contributed by atoms with Crippen LogP contribution in [0.2, 0.25) is 0 Å². The number of benzene rings is 2. The molecular weight excluding hydrogens is 586 g/mol. The first kappa shape index (κ1) is 32.3. The lowest BCUT2D eigenvalue weighted by Gasteiger charge is -2.40. The maximum atomic E-state index is 13.4. The average Bonchev–Trinajstić information content (AvgIpc) is 3.35. The third-order valence-corrected chi connectivity index (χ3v) is 11.7. The second-order valence-electron chi connectivity index (χ2n) is 17.9. The van der Waals surface area contributed by atoms with E-state index in [1.165, 1.54) is 38.5 Å². The van der Waals surface area contributed by atoms with Gasteiger partial charge in [-0.25, -0.2) is 0 Å². The second kappa shape index (κ2) is 11.4. The summed E-state index contributed by atoms with van der Waals surface area (Å²) in [6.45, 7) is 18.0. The molecule has 1 aromatic heterocycles. The van der Waals surface area contributed by atoms with E-state index in [1.54, 1.807) is 24.3 Å². The van der Waals surface area contributed by atoms with E-state index >= 15 is 0 Å². The van der Waals surface area contributed by atoms with Gasteiger partial charge in [0, 0.05) is 73.3 Å². The van der Waals surface area contributed by atoms with E-state index < -0.39 is 0 Å². The monoisotopic (exact) mass is 639 g/mol. The standard InChI is InChI=1S/C39H53N5O3/c1-36(2)17-27-19-38(5,21-36)23-43(27)13-11-33(45)40-25-7-9-29-31(15-25)42-32-16-26(8-10-30(32)35(29)47)41-34(46)12-14-44-24-39(6)20-28(44)18-37(3,4)22-39/h7-10,15-16,27-28H,11-14,17-24H2,1-6H3,(H,40,45)(H,41,46)(H,42,47). The van der Waals surface area contributed by atoms with Crippen LogP contribution in [0.1, 0.15) is 92.9 Å². The molecule has 4 bridgehead atoms. The minimum Gasteiger partial charge on any atom is -0.354 e. The number of nitrogens with zero attached hydrogens (tertiary/aromatic N) is 2. The molecule has 2 saturated carbocycles. The Kier molecular flexibility index (Phi) is 7.87. The van der Waals surface area contributed by atoms with E-state index in [-0.39, 0.29) is 17.2 Å². The molecule has 8 nitrogen and oxygen atoms in total. The topological polar surface area (TPSA) is 97.5 Å². The Morgan fingerprint density at radius 3 is 1.55 bits per heavy atom. The molecule has 2 saturated heterocycles. The number of hydrogen-bond donors (Lipinski definition) is 3. The van der Waals surface area contributed by atoms with Gasteiger partial charge in [0.15, 0.2) is 5.43 Å². The molecule has 3 heterocycles. The van der Waals surface area contributed by atoms with Gasteiger partial charge in [-0.1, -0.05) is 41.5 Å². The van der Waals surface area contributed by atoms with Crippen molar-refractivity contribution in [1.82, 2.24) is 14.8 Å². The van der Waals surface area contributed by atoms with Crippen LogP contribution >= 0.6 is 0 Å². The fraction of sp³-hybridized carbons (Fsp3) is 0.615. The van der Waals surface area contributed by atoms with E-state index in [4.69, 9.17) is 0 Å². The number of amides is 2. The number of aromatic nitrogens is 1. The fourth-order valence-corrected chi connectivity index (χ4v) is 10.8. The highest BCUT2D eigenvalue weighted by molar-refractivity contribution is 5.99. The zero-order valence-corrected chi connectivity index (χ0v) is 29.2. The summed E-state index contributed by atoms with van der Waals surface area (Å²) >= 11 is 0. The number of H-pyrrole nitrogens is 1. The van der Waals surface area contributed by atoms with E-state index in [9.17, 15) is 14.4 Å². The number of rotatable bonds is 8. The molecule has 4 fully saturated rings. The quantitative estimate of drug-likeness (QED) is 0.228. The van der Waals surface area contributed by atoms with Gasteiger partial charge < -0.3 is 15.6 Å². The molecule has 4 unspecified atom stereocenters. The van der Waals surface area contributed by atoms with Gasteiger partial charge >= 0.3 is 0 Å². The number of pyridine rings is 1. The van der Waals surface area contributed by atoms with Crippen molar-refractivity contribution in [2.75, 3.05) is 36.8 Å². The van der Waals surface area contributed by atoms with Crippen LogP contribution in [-0.4, -0.2) is 64.9 Å². The van der Waals surface area contributed by atoms with Crippen LogP contribution in [0.3, 0.4) is 0 Å². The lowest BCUT2D eigenvalue weighted by molar-refractivity contribution is -0.117. The number of carbonyl (C=O) groups excluding carboxylic acids is 2. The minimum atomic E-state index is -0.0716. The Hall–Kier alpha value is -3.23. The number of hydrogen-bond acceptors (Lipinski definition) is 5. The number of anilines is 2. The van der Waals surface area contributed by atoms with Crippen molar-refractivity contribution in [2.24, 2.45) is 21.7 Å². The van der Waals surface area contributed by atoms with Crippen LogP contribution in [0.5, 0.6) is 0 Å². The van der Waals surface area contributed by atoms with Crippen LogP contribution < -0.4 is 16.1 Å². The summed E-state index contributed by atoms with van der Waals surface area (Å²) in [6, 6.07) is 12.0. The summed E-state index contributed by atoms with van der Waals surface area (Å²) < 4.78 is 0. The van der Waals surface area contributed by atoms with Crippen molar-refractivity contribution in [1.29, 1.82) is 0 Å². The number of aromatic amines is 1. The maximum absolute atomic E-state index is 13.4. The van der Waals surface area contributed by atoms with Gasteiger partial charge in [0.05, 0.1) is 11.0 Å². The van der Waals surface area contributed by atoms with E-state index in [1.807, 2.05) is 12.1 Å². The zero-order chi connectivity index (χ0) is 33.4. The van der Waals surface area contributed by atoms with Gasteiger partial charge in [0.1, 0.15) is 0 Å². The predicted molar refractivity (Wildman–Crippen MR) is 191 cm³/mol. The first-order valence-corrected chi connectivity index (χ1v) is 17.7. The average molecular weight is 640 g/mol. The number of carbonyl (C=O) groups is 2. The molecule has 2 aliphatic carbocycles. The Balaban J connectivity index is 0.983. The highest BCUT2D eigenvalue weighted by Crippen LogP contribution is 2.53. The van der Waals surface area contributed by atoms with Gasteiger partial charge in [-0.15, -0.1) is 0 Å². The summed E-state index contributed by atoms with van der Waals surface area (Å²) in [6.07, 6.45) is 8.22. The van der Waals surface area contributed by atoms with Crippen molar-refractivity contribution < 1.29 is 9.59 Å². The zero-order valence-electron chi connectivity index (χ0n) is 29.2. The van der Waals surface area contributed by atoms with Crippen molar-refractivity contribution in [3.05, 3.63) is 46.6 Å². The van der Waals surface area contributed by atoms with Gasteiger partial charge in [0.25, 0.3) is 0 Å². The van der Waals surface area contributed by atoms with Crippen LogP contribution in [0.15, 0.2) is 41.2 Å². The summed E-state index contributed by atoms with van der Waals surface area (Å²) in [7, 11) is 0. The summed E-state index contributed by atoms with van der Waals surface area (Å²) in [5.41, 5.74) is 3.99. The van der Waals surface area contributed by atoms with Gasteiger partial charge in [-0.2, -0.15) is 0 Å². The summed E-state index contributed by atoms with van der Waals surface area (Å²) in [5.74, 6) is -0.0305. The molecule has 3 N–H and O–H groups in total. The Bertz CT molecular complexity index is 1670. The summed E-state index contributed by atoms with van der Waals surface area (Å²) in [5, 5.41) is 7.25. The normalized spacial score (nSPS) is 29.7. The molecule has 2 aliphatic heterocycles. The predicted octanol–water partition coefficient (Wildman–Crippen LogP) is 7.14. The Labute approximate surface area is 279 Å². The van der Waals surface area contributed by atoms with Crippen LogP contribution in [-0.2, 0) is 9.59 Å². The third-order valence-electron chi connectivity index (χ3n) is 11.7. The molecular formula is C39H53N5O3. The number of fused-ring (bicyclic) bond motifs is 6. The molecule has 0 spiro atoms. The minimum absolute atomic E-state index is 0.0152. The van der Waals surface area contributed by atoms with Crippen LogP contribution in [0.4, 0.5) is 11.4 Å². The van der Waals surface area contributed by atoms with Crippen LogP contribution in [0, 0.1) is 21.7 Å². The largest absolute Gasteiger partial charge is 0.354 e. The van der Waals surface area contributed by atoms with E-state index in [0.717, 1.165) is 26.2 Å². The van der Waals surface area contributed by atoms with Gasteiger partial charge in [-0.3, -0.25) is 24.2 Å². The first-order chi connectivity index (χ1) is 22.1. The molecule has 2 aromatic carbocycles. The van der Waals surface area contributed by atoms with Gasteiger partial charge in [0.2, 0.25) is 11.8 Å². The molecule has 4 atom stereocenters. The lowest BCUT2D eigenvalue weighted by Crippen LogP contribution is -2.35. The van der Waals surface area contributed by atoms with Crippen molar-refractivity contribution in [3.63, 3.8) is 0 Å². The molecule has 4 aliphatic rings. The molecule has 47 heavy (non-hydrogen) atoms. The highest BCUT2D eigenvalue weighted by Gasteiger charge is 2.50. The molecule has 7 rings (SSSR count). The van der Waals surface area contributed by atoms with Crippen molar-refractivity contribution >= 4 is 45.0 Å². The SMILES string of the molecule is CC1(C)CC2CC(C)(CN2CCC(=O)Nc2ccc3c(=O)c4ccc(NC(=O)CCN5CC6(C)CC5CC(C)(C)C6)cc4[nH]c3c2)C1. The maximum Gasteiger partial charge on any atom is 0.225 e. The number of likely N-dealkylation sites (tertiary alicyclic amines) is 2.